The van der Waals surface area contributed by atoms with Crippen LogP contribution in [-0.4, -0.2) is 11.6 Å². The van der Waals surface area contributed by atoms with Gasteiger partial charge in [0.05, 0.1) is 0 Å². The molecule has 0 aromatic heterocycles. The predicted octanol–water partition coefficient (Wildman–Crippen LogP) is 4.64. The number of hydrogen-bond donors (Lipinski definition) is 0. The Morgan fingerprint density at radius 1 is 0.960 bits per heavy atom. The molecule has 2 aromatic rings. The normalized spacial score (nSPS) is 12.3. The van der Waals surface area contributed by atoms with Gasteiger partial charge < -0.3 is 9.30 Å². The molecular weight excluding hydrogens is 331 g/mol. The Morgan fingerprint density at radius 3 is 1.88 bits per heavy atom. The van der Waals surface area contributed by atoms with Crippen molar-refractivity contribution >= 4 is 23.7 Å². The van der Waals surface area contributed by atoms with Crippen LogP contribution in [0.4, 0.5) is 0 Å². The number of esters is 1. The van der Waals surface area contributed by atoms with Crippen molar-refractivity contribution < 1.29 is 14.1 Å². The minimum Gasteiger partial charge on any atom is -0.460 e. The maximum atomic E-state index is 13.7. The van der Waals surface area contributed by atoms with E-state index in [2.05, 4.69) is 0 Å². The summed E-state index contributed by atoms with van der Waals surface area (Å²) < 4.78 is 19.0. The molecule has 0 radical (unpaired) electrons. The summed E-state index contributed by atoms with van der Waals surface area (Å²) in [6.07, 6.45) is 2.60. The van der Waals surface area contributed by atoms with E-state index in [-0.39, 0.29) is 12.4 Å². The summed E-state index contributed by atoms with van der Waals surface area (Å²) in [5.41, 5.74) is -0.482. The van der Waals surface area contributed by atoms with Crippen LogP contribution < -0.4 is 10.6 Å². The molecule has 0 heterocycles. The third-order valence-corrected chi connectivity index (χ3v) is 6.29. The molecule has 0 spiro atoms. The summed E-state index contributed by atoms with van der Waals surface area (Å²) in [5.74, 6) is 1.51. The molecule has 0 N–H and O–H groups in total. The van der Waals surface area contributed by atoms with Gasteiger partial charge in [-0.1, -0.05) is 66.7 Å². The number of carbonyl (C=O) groups is 1. The number of ether oxygens (including phenoxy) is 1. The van der Waals surface area contributed by atoms with Crippen molar-refractivity contribution in [1.82, 2.24) is 0 Å². The monoisotopic (exact) mass is 356 g/mol. The first kappa shape index (κ1) is 19.2. The van der Waals surface area contributed by atoms with Crippen LogP contribution in [0, 0.1) is 0 Å². The highest BCUT2D eigenvalue weighted by Crippen LogP contribution is 2.45. The molecule has 0 amide bonds. The first-order valence-electron chi connectivity index (χ1n) is 8.42. The fourth-order valence-electron chi connectivity index (χ4n) is 2.44. The predicted molar refractivity (Wildman–Crippen MR) is 104 cm³/mol. The lowest BCUT2D eigenvalue weighted by molar-refractivity contribution is -0.154. The molecule has 132 valence electrons. The second-order valence-corrected chi connectivity index (χ2v) is 9.49. The Kier molecular flexibility index (Phi) is 6.39. The lowest BCUT2D eigenvalue weighted by atomic mass is 10.2. The second kappa shape index (κ2) is 8.31. The average molecular weight is 356 g/mol. The van der Waals surface area contributed by atoms with Gasteiger partial charge in [0.1, 0.15) is 5.60 Å². The molecule has 0 saturated carbocycles. The van der Waals surface area contributed by atoms with Crippen LogP contribution in [0.5, 0.6) is 0 Å². The molecule has 2 rings (SSSR count). The first-order valence-corrected chi connectivity index (χ1v) is 10.2. The molecule has 4 heteroatoms. The van der Waals surface area contributed by atoms with Crippen molar-refractivity contribution in [3.8, 4) is 0 Å². The topological polar surface area (TPSA) is 43.4 Å². The summed E-state index contributed by atoms with van der Waals surface area (Å²) in [5, 5.41) is 1.57. The first-order chi connectivity index (χ1) is 11.8. The Bertz CT molecular complexity index is 715. The quantitative estimate of drug-likeness (QED) is 0.560. The van der Waals surface area contributed by atoms with E-state index in [1.807, 2.05) is 87.5 Å². The van der Waals surface area contributed by atoms with Crippen LogP contribution in [0.15, 0.2) is 72.6 Å². The zero-order chi connectivity index (χ0) is 18.3. The van der Waals surface area contributed by atoms with Crippen LogP contribution in [0.2, 0.25) is 0 Å². The molecule has 0 aliphatic rings. The lowest BCUT2D eigenvalue weighted by Crippen LogP contribution is -2.23. The number of rotatable bonds is 6. The second-order valence-electron chi connectivity index (χ2n) is 6.84. The number of hydrogen-bond acceptors (Lipinski definition) is 3. The lowest BCUT2D eigenvalue weighted by Gasteiger charge is -2.19. The van der Waals surface area contributed by atoms with E-state index in [4.69, 9.17) is 4.74 Å². The fraction of sp³-hybridized carbons (Fsp3) is 0.286. The Hall–Kier alpha value is -2.12. The van der Waals surface area contributed by atoms with Gasteiger partial charge in [0, 0.05) is 17.0 Å². The van der Waals surface area contributed by atoms with Gasteiger partial charge in [0.25, 0.3) is 0 Å². The van der Waals surface area contributed by atoms with E-state index < -0.39 is 12.7 Å². The molecule has 0 bridgehead atoms. The third kappa shape index (κ3) is 5.72. The fourth-order valence-corrected chi connectivity index (χ4v) is 4.76. The molecule has 25 heavy (non-hydrogen) atoms. The van der Waals surface area contributed by atoms with E-state index in [1.165, 1.54) is 0 Å². The van der Waals surface area contributed by atoms with Crippen LogP contribution in [0.3, 0.4) is 0 Å². The standard InChI is InChI=1S/C21H25O3P/c1-21(2,3)24-20(22)16-10-11-17-25(23,18-12-6-4-7-13-18)19-14-8-5-9-15-19/h4-9,11-15,17H,10,16H2,1-3H3/b17-11+. The van der Waals surface area contributed by atoms with Crippen LogP contribution >= 0.6 is 7.14 Å². The largest absolute Gasteiger partial charge is 0.460 e. The maximum Gasteiger partial charge on any atom is 0.306 e. The Morgan fingerprint density at radius 2 is 1.44 bits per heavy atom. The van der Waals surface area contributed by atoms with E-state index in [0.29, 0.717) is 6.42 Å². The van der Waals surface area contributed by atoms with Crippen molar-refractivity contribution in [2.75, 3.05) is 0 Å². The van der Waals surface area contributed by atoms with E-state index in [9.17, 15) is 9.36 Å². The van der Waals surface area contributed by atoms with Gasteiger partial charge in [-0.25, -0.2) is 0 Å². The SMILES string of the molecule is CC(C)(C)OC(=O)CC/C=C/P(=O)(c1ccccc1)c1ccccc1. The van der Waals surface area contributed by atoms with E-state index in [1.54, 1.807) is 5.82 Å². The van der Waals surface area contributed by atoms with Crippen molar-refractivity contribution in [3.05, 3.63) is 72.6 Å². The molecule has 0 atom stereocenters. The third-order valence-electron chi connectivity index (χ3n) is 3.53. The van der Waals surface area contributed by atoms with Crippen LogP contribution in [-0.2, 0) is 14.1 Å². The van der Waals surface area contributed by atoms with Gasteiger partial charge >= 0.3 is 5.97 Å². The number of benzene rings is 2. The molecule has 2 aromatic carbocycles. The molecule has 0 unspecified atom stereocenters. The minimum atomic E-state index is -2.86. The molecule has 0 aliphatic carbocycles. The number of allylic oxidation sites excluding steroid dienone is 1. The van der Waals surface area contributed by atoms with E-state index in [0.717, 1.165) is 10.6 Å². The van der Waals surface area contributed by atoms with Crippen LogP contribution in [0.25, 0.3) is 0 Å². The smallest absolute Gasteiger partial charge is 0.306 e. The molecule has 0 fully saturated rings. The molecular formula is C21H25O3P. The highest BCUT2D eigenvalue weighted by atomic mass is 31.2. The summed E-state index contributed by atoms with van der Waals surface area (Å²) in [7, 11) is -2.86. The zero-order valence-corrected chi connectivity index (χ0v) is 15.9. The molecule has 0 aliphatic heterocycles. The van der Waals surface area contributed by atoms with Crippen molar-refractivity contribution in [2.45, 2.75) is 39.2 Å². The Balaban J connectivity index is 2.16. The van der Waals surface area contributed by atoms with Gasteiger partial charge in [0.2, 0.25) is 0 Å². The van der Waals surface area contributed by atoms with E-state index >= 15 is 0 Å². The van der Waals surface area contributed by atoms with Crippen molar-refractivity contribution in [1.29, 1.82) is 0 Å². The van der Waals surface area contributed by atoms with Crippen molar-refractivity contribution in [3.63, 3.8) is 0 Å². The van der Waals surface area contributed by atoms with Gasteiger partial charge in [-0.2, -0.15) is 0 Å². The van der Waals surface area contributed by atoms with Gasteiger partial charge in [-0.05, 0) is 33.0 Å². The van der Waals surface area contributed by atoms with Crippen molar-refractivity contribution in [2.24, 2.45) is 0 Å². The summed E-state index contributed by atoms with van der Waals surface area (Å²) in [6.45, 7) is 5.54. The van der Waals surface area contributed by atoms with Gasteiger partial charge in [-0.3, -0.25) is 4.79 Å². The summed E-state index contributed by atoms with van der Waals surface area (Å²) in [4.78, 5) is 11.8. The van der Waals surface area contributed by atoms with Crippen LogP contribution in [0.1, 0.15) is 33.6 Å². The zero-order valence-electron chi connectivity index (χ0n) is 15.0. The number of carbonyl (C=O) groups excluding carboxylic acids is 1. The van der Waals surface area contributed by atoms with Gasteiger partial charge in [0.15, 0.2) is 7.14 Å². The maximum absolute atomic E-state index is 13.7. The highest BCUT2D eigenvalue weighted by molar-refractivity contribution is 7.81. The highest BCUT2D eigenvalue weighted by Gasteiger charge is 2.23. The molecule has 0 saturated heterocycles. The summed E-state index contributed by atoms with van der Waals surface area (Å²) in [6, 6.07) is 18.9. The van der Waals surface area contributed by atoms with Gasteiger partial charge in [-0.15, -0.1) is 0 Å². The average Bonchev–Trinajstić information content (AvgIpc) is 2.58. The molecule has 3 nitrogen and oxygen atoms in total. The summed E-state index contributed by atoms with van der Waals surface area (Å²) >= 11 is 0. The minimum absolute atomic E-state index is 0.244. The Labute approximate surface area is 150 Å².